The van der Waals surface area contributed by atoms with E-state index < -0.39 is 19.0 Å². The predicted molar refractivity (Wildman–Crippen MR) is 97.8 cm³/mol. The largest absolute Gasteiger partial charge is 0.378 e. The van der Waals surface area contributed by atoms with Crippen molar-refractivity contribution in [2.75, 3.05) is 25.7 Å². The highest BCUT2D eigenvalue weighted by molar-refractivity contribution is 8.21. The van der Waals surface area contributed by atoms with E-state index in [0.29, 0.717) is 0 Å². The van der Waals surface area contributed by atoms with Gasteiger partial charge < -0.3 is 4.90 Å². The standard InChI is InChI=1S/C9H13Cl4N4P3/c1-17(2)8-4-6-9(7-5-8)18(3)14-19(10,11)16-20(12,13)15-18/h4-7H,1-3H3. The fourth-order valence-electron chi connectivity index (χ4n) is 1.74. The summed E-state index contributed by atoms with van der Waals surface area (Å²) in [5.41, 5.74) is 1.08. The fourth-order valence-corrected chi connectivity index (χ4v) is 18.6. The maximum absolute atomic E-state index is 6.13. The molecule has 4 nitrogen and oxygen atoms in total. The zero-order chi connectivity index (χ0) is 15.2. The Hall–Kier alpha value is 0.870. The average Bonchev–Trinajstić information content (AvgIpc) is 2.24. The summed E-state index contributed by atoms with van der Waals surface area (Å²) in [4.78, 5) is 2.01. The second kappa shape index (κ2) is 5.82. The van der Waals surface area contributed by atoms with Gasteiger partial charge in [0.2, 0.25) is 0 Å². The molecule has 1 unspecified atom stereocenters. The molecule has 0 radical (unpaired) electrons. The highest BCUT2D eigenvalue weighted by Gasteiger charge is 2.31. The average molecular weight is 412 g/mol. The molecule has 20 heavy (non-hydrogen) atoms. The molecule has 0 bridgehead atoms. The van der Waals surface area contributed by atoms with E-state index in [9.17, 15) is 0 Å². The number of benzene rings is 1. The van der Waals surface area contributed by atoms with Crippen molar-refractivity contribution in [3.05, 3.63) is 24.3 Å². The third-order valence-electron chi connectivity index (χ3n) is 2.63. The van der Waals surface area contributed by atoms with Crippen LogP contribution in [0.1, 0.15) is 0 Å². The lowest BCUT2D eigenvalue weighted by Gasteiger charge is -2.24. The number of anilines is 1. The smallest absolute Gasteiger partial charge is 0.255 e. The molecule has 1 atom stereocenters. The van der Waals surface area contributed by atoms with E-state index in [2.05, 4.69) is 13.5 Å². The minimum absolute atomic E-state index is 0.939. The van der Waals surface area contributed by atoms with Gasteiger partial charge in [-0.15, -0.1) is 0 Å². The Labute approximate surface area is 138 Å². The maximum Gasteiger partial charge on any atom is 0.255 e. The van der Waals surface area contributed by atoms with Crippen LogP contribution in [-0.2, 0) is 0 Å². The van der Waals surface area contributed by atoms with Gasteiger partial charge in [-0.3, -0.25) is 0 Å². The summed E-state index contributed by atoms with van der Waals surface area (Å²) in [7, 11) is 1.65. The van der Waals surface area contributed by atoms with Crippen LogP contribution in [0.3, 0.4) is 0 Å². The molecule has 1 aliphatic heterocycles. The van der Waals surface area contributed by atoms with Gasteiger partial charge in [0.1, 0.15) is 7.21 Å². The van der Waals surface area contributed by atoms with Crippen molar-refractivity contribution < 1.29 is 0 Å². The van der Waals surface area contributed by atoms with Crippen LogP contribution in [0.4, 0.5) is 5.69 Å². The normalized spacial score (nSPS) is 26.9. The molecule has 0 amide bonds. The Morgan fingerprint density at radius 2 is 1.35 bits per heavy atom. The first-order valence-corrected chi connectivity index (χ1v) is 14.6. The molecule has 11 heteroatoms. The van der Waals surface area contributed by atoms with Crippen LogP contribution in [0.5, 0.6) is 0 Å². The minimum Gasteiger partial charge on any atom is -0.378 e. The first-order chi connectivity index (χ1) is 9.03. The first kappa shape index (κ1) is 17.2. The summed E-state index contributed by atoms with van der Waals surface area (Å²) in [5.74, 6) is -5.70. The van der Waals surface area contributed by atoms with E-state index in [1.807, 2.05) is 49.9 Å². The molecule has 0 saturated heterocycles. The molecular formula is C9H13Cl4N4P3. The van der Waals surface area contributed by atoms with E-state index in [4.69, 9.17) is 45.0 Å². The molecule has 1 aromatic rings. The van der Waals surface area contributed by atoms with Crippen molar-refractivity contribution in [3.8, 4) is 0 Å². The van der Waals surface area contributed by atoms with Crippen molar-refractivity contribution >= 4 is 75.0 Å². The van der Waals surface area contributed by atoms with Gasteiger partial charge in [0.25, 0.3) is 11.8 Å². The number of nitrogens with zero attached hydrogens (tertiary/aromatic N) is 4. The molecule has 1 aromatic carbocycles. The quantitative estimate of drug-likeness (QED) is 0.483. The molecule has 0 N–H and O–H groups in total. The molecular weight excluding hydrogens is 399 g/mol. The van der Waals surface area contributed by atoms with Crippen LogP contribution in [0.2, 0.25) is 0 Å². The fraction of sp³-hybridized carbons (Fsp3) is 0.333. The van der Waals surface area contributed by atoms with Crippen LogP contribution >= 0.6 is 64.0 Å². The molecule has 0 saturated carbocycles. The van der Waals surface area contributed by atoms with Gasteiger partial charge in [-0.05, 0) is 75.9 Å². The molecule has 0 fully saturated rings. The molecule has 1 aliphatic rings. The Kier molecular flexibility index (Phi) is 5.01. The van der Waals surface area contributed by atoms with Gasteiger partial charge >= 0.3 is 0 Å². The van der Waals surface area contributed by atoms with Gasteiger partial charge in [-0.2, -0.15) is 4.52 Å². The highest BCUT2D eigenvalue weighted by Crippen LogP contribution is 2.84. The SMILES string of the molecule is CN(C)c1ccc(P2(C)=NP(Cl)(Cl)=NP(Cl)(Cl)=N2)cc1. The first-order valence-electron chi connectivity index (χ1n) is 5.49. The van der Waals surface area contributed by atoms with Crippen LogP contribution in [0.25, 0.3) is 0 Å². The van der Waals surface area contributed by atoms with Gasteiger partial charge in [-0.1, -0.05) is 0 Å². The van der Waals surface area contributed by atoms with E-state index >= 15 is 0 Å². The Bertz CT molecular complexity index is 678. The van der Waals surface area contributed by atoms with Crippen LogP contribution in [0, 0.1) is 0 Å². The Balaban J connectivity index is 2.60. The van der Waals surface area contributed by atoms with Gasteiger partial charge in [0, 0.05) is 25.1 Å². The molecule has 0 spiro atoms. The van der Waals surface area contributed by atoms with E-state index in [1.165, 1.54) is 0 Å². The van der Waals surface area contributed by atoms with Gasteiger partial charge in [0.05, 0.1) is 0 Å². The Morgan fingerprint density at radius 1 is 0.850 bits per heavy atom. The van der Waals surface area contributed by atoms with Crippen molar-refractivity contribution in [1.82, 2.24) is 0 Å². The van der Waals surface area contributed by atoms with Crippen LogP contribution in [-0.4, -0.2) is 20.8 Å². The van der Waals surface area contributed by atoms with Crippen molar-refractivity contribution in [1.29, 1.82) is 0 Å². The van der Waals surface area contributed by atoms with Crippen LogP contribution < -0.4 is 10.2 Å². The van der Waals surface area contributed by atoms with E-state index in [-0.39, 0.29) is 0 Å². The summed E-state index contributed by atoms with van der Waals surface area (Å²) in [6.45, 7) is 1.89. The summed E-state index contributed by atoms with van der Waals surface area (Å²) in [5, 5.41) is 0.939. The van der Waals surface area contributed by atoms with Crippen molar-refractivity contribution in [2.24, 2.45) is 13.5 Å². The lowest BCUT2D eigenvalue weighted by Crippen LogP contribution is -2.10. The van der Waals surface area contributed by atoms with Crippen LogP contribution in [0.15, 0.2) is 37.8 Å². The second-order valence-electron chi connectivity index (χ2n) is 4.50. The topological polar surface area (TPSA) is 40.3 Å². The number of hydrogen-bond donors (Lipinski definition) is 0. The summed E-state index contributed by atoms with van der Waals surface area (Å²) >= 11 is 24.5. The van der Waals surface area contributed by atoms with Gasteiger partial charge in [0.15, 0.2) is 0 Å². The zero-order valence-corrected chi connectivity index (χ0v) is 16.7. The molecule has 0 aliphatic carbocycles. The molecule has 2 rings (SSSR count). The Morgan fingerprint density at radius 3 is 1.80 bits per heavy atom. The summed E-state index contributed by atoms with van der Waals surface area (Å²) < 4.78 is 12.9. The predicted octanol–water partition coefficient (Wildman–Crippen LogP) is 6.99. The highest BCUT2D eigenvalue weighted by atomic mass is 35.9. The summed E-state index contributed by atoms with van der Waals surface area (Å²) in [6, 6.07) is 7.90. The van der Waals surface area contributed by atoms with Crippen molar-refractivity contribution in [2.45, 2.75) is 0 Å². The van der Waals surface area contributed by atoms with E-state index in [0.717, 1.165) is 11.0 Å². The lowest BCUT2D eigenvalue weighted by atomic mass is 10.3. The van der Waals surface area contributed by atoms with Gasteiger partial charge in [-0.25, -0.2) is 9.03 Å². The second-order valence-corrected chi connectivity index (χ2v) is 17.5. The molecule has 112 valence electrons. The van der Waals surface area contributed by atoms with E-state index in [1.54, 1.807) is 0 Å². The number of hydrogen-bond acceptors (Lipinski definition) is 4. The zero-order valence-electron chi connectivity index (χ0n) is 11.0. The molecule has 0 aromatic heterocycles. The summed E-state index contributed by atoms with van der Waals surface area (Å²) in [6.07, 6.45) is 0. The lowest BCUT2D eigenvalue weighted by molar-refractivity contribution is 1.13. The monoisotopic (exact) mass is 410 g/mol. The number of halogens is 4. The third kappa shape index (κ3) is 3.99. The maximum atomic E-state index is 6.13. The van der Waals surface area contributed by atoms with Crippen molar-refractivity contribution in [3.63, 3.8) is 0 Å². The number of rotatable bonds is 2. The third-order valence-corrected chi connectivity index (χ3v) is 15.0. The minimum atomic E-state index is -2.85. The molecule has 1 heterocycles.